The number of pyridine rings is 1. The number of nitrogens with two attached hydrogens (primary N) is 1. The lowest BCUT2D eigenvalue weighted by Crippen LogP contribution is -2.05. The molecule has 2 rings (SSSR count). The van der Waals surface area contributed by atoms with Crippen LogP contribution in [0.4, 0.5) is 5.82 Å². The number of nitrogens with one attached hydrogen (secondary N) is 1. The molecule has 0 atom stereocenters. The van der Waals surface area contributed by atoms with E-state index in [1.807, 2.05) is 43.4 Å². The highest BCUT2D eigenvalue weighted by molar-refractivity contribution is 5.40. The second kappa shape index (κ2) is 7.50. The molecule has 0 aliphatic rings. The average molecular weight is 287 g/mol. The average Bonchev–Trinajstić information content (AvgIpc) is 2.55. The monoisotopic (exact) mass is 287 g/mol. The summed E-state index contributed by atoms with van der Waals surface area (Å²) in [5.41, 5.74) is 7.60. The first-order valence-electron chi connectivity index (χ1n) is 6.90. The van der Waals surface area contributed by atoms with Crippen molar-refractivity contribution in [1.29, 1.82) is 0 Å². The Bertz CT molecular complexity index is 587. The van der Waals surface area contributed by atoms with Gasteiger partial charge in [0, 0.05) is 37.3 Å². The highest BCUT2D eigenvalue weighted by Gasteiger charge is 2.04. The second-order valence-corrected chi connectivity index (χ2v) is 4.54. The van der Waals surface area contributed by atoms with Crippen LogP contribution in [0.5, 0.6) is 11.5 Å². The SMILES string of the molecule is CNc1cccc(CCOc2ccc(CN)c(OC)c2)n1. The normalized spacial score (nSPS) is 10.2. The molecule has 21 heavy (non-hydrogen) atoms. The molecule has 1 aromatic heterocycles. The molecule has 0 aliphatic heterocycles. The van der Waals surface area contributed by atoms with Crippen LogP contribution in [0, 0.1) is 0 Å². The first-order chi connectivity index (χ1) is 10.3. The lowest BCUT2D eigenvalue weighted by atomic mass is 10.2. The smallest absolute Gasteiger partial charge is 0.127 e. The van der Waals surface area contributed by atoms with E-state index in [-0.39, 0.29) is 0 Å². The molecule has 2 aromatic rings. The van der Waals surface area contributed by atoms with E-state index in [0.717, 1.165) is 35.0 Å². The van der Waals surface area contributed by atoms with Crippen LogP contribution in [-0.4, -0.2) is 25.7 Å². The van der Waals surface area contributed by atoms with Gasteiger partial charge in [-0.25, -0.2) is 4.98 Å². The van der Waals surface area contributed by atoms with Crippen LogP contribution in [0.2, 0.25) is 0 Å². The van der Waals surface area contributed by atoms with Crippen molar-refractivity contribution < 1.29 is 9.47 Å². The van der Waals surface area contributed by atoms with Gasteiger partial charge in [-0.3, -0.25) is 0 Å². The molecule has 0 aliphatic carbocycles. The number of hydrogen-bond donors (Lipinski definition) is 2. The van der Waals surface area contributed by atoms with Gasteiger partial charge in [-0.15, -0.1) is 0 Å². The zero-order valence-electron chi connectivity index (χ0n) is 12.4. The molecule has 3 N–H and O–H groups in total. The third-order valence-corrected chi connectivity index (χ3v) is 3.17. The Morgan fingerprint density at radius 3 is 2.81 bits per heavy atom. The van der Waals surface area contributed by atoms with Crippen molar-refractivity contribution in [2.75, 3.05) is 26.1 Å². The summed E-state index contributed by atoms with van der Waals surface area (Å²) in [5.74, 6) is 2.39. The fraction of sp³-hybridized carbons (Fsp3) is 0.312. The summed E-state index contributed by atoms with van der Waals surface area (Å²) in [6.45, 7) is 1.01. The Morgan fingerprint density at radius 2 is 2.10 bits per heavy atom. The minimum Gasteiger partial charge on any atom is -0.496 e. The molecular formula is C16H21N3O2. The van der Waals surface area contributed by atoms with E-state index in [2.05, 4.69) is 10.3 Å². The van der Waals surface area contributed by atoms with Crippen molar-refractivity contribution in [2.45, 2.75) is 13.0 Å². The molecule has 0 radical (unpaired) electrons. The van der Waals surface area contributed by atoms with Crippen molar-refractivity contribution in [3.63, 3.8) is 0 Å². The van der Waals surface area contributed by atoms with Crippen LogP contribution < -0.4 is 20.5 Å². The van der Waals surface area contributed by atoms with Crippen molar-refractivity contribution in [2.24, 2.45) is 5.73 Å². The zero-order chi connectivity index (χ0) is 15.1. The Morgan fingerprint density at radius 1 is 1.24 bits per heavy atom. The van der Waals surface area contributed by atoms with E-state index in [1.54, 1.807) is 7.11 Å². The van der Waals surface area contributed by atoms with Crippen molar-refractivity contribution in [1.82, 2.24) is 4.98 Å². The Kier molecular flexibility index (Phi) is 5.40. The quantitative estimate of drug-likeness (QED) is 0.817. The van der Waals surface area contributed by atoms with E-state index in [9.17, 15) is 0 Å². The number of methoxy groups -OCH3 is 1. The van der Waals surface area contributed by atoms with Crippen molar-refractivity contribution in [3.8, 4) is 11.5 Å². The Hall–Kier alpha value is -2.27. The maximum atomic E-state index is 5.74. The number of aromatic nitrogens is 1. The van der Waals surface area contributed by atoms with Gasteiger partial charge in [-0.05, 0) is 18.2 Å². The summed E-state index contributed by atoms with van der Waals surface area (Å²) in [6, 6.07) is 11.6. The molecule has 1 aromatic carbocycles. The number of benzene rings is 1. The highest BCUT2D eigenvalue weighted by atomic mass is 16.5. The Labute approximate surface area is 125 Å². The summed E-state index contributed by atoms with van der Waals surface area (Å²) >= 11 is 0. The van der Waals surface area contributed by atoms with E-state index < -0.39 is 0 Å². The fourth-order valence-corrected chi connectivity index (χ4v) is 2.01. The van der Waals surface area contributed by atoms with Gasteiger partial charge in [-0.2, -0.15) is 0 Å². The molecule has 0 bridgehead atoms. The number of nitrogens with zero attached hydrogens (tertiary/aromatic N) is 1. The van der Waals surface area contributed by atoms with Gasteiger partial charge in [-0.1, -0.05) is 12.1 Å². The van der Waals surface area contributed by atoms with E-state index in [4.69, 9.17) is 15.2 Å². The molecule has 0 saturated heterocycles. The third-order valence-electron chi connectivity index (χ3n) is 3.17. The zero-order valence-corrected chi connectivity index (χ0v) is 12.4. The molecule has 0 fully saturated rings. The topological polar surface area (TPSA) is 69.4 Å². The standard InChI is InChI=1S/C16H21N3O2/c1-18-16-5-3-4-13(19-16)8-9-21-14-7-6-12(11-17)15(10-14)20-2/h3-7,10H,8-9,11,17H2,1-2H3,(H,18,19). The lowest BCUT2D eigenvalue weighted by molar-refractivity contribution is 0.317. The second-order valence-electron chi connectivity index (χ2n) is 4.54. The first-order valence-corrected chi connectivity index (χ1v) is 6.90. The summed E-state index contributed by atoms with van der Waals surface area (Å²) in [7, 11) is 3.49. The van der Waals surface area contributed by atoms with Gasteiger partial charge in [0.2, 0.25) is 0 Å². The fourth-order valence-electron chi connectivity index (χ4n) is 2.01. The van der Waals surface area contributed by atoms with Crippen molar-refractivity contribution in [3.05, 3.63) is 47.7 Å². The minimum atomic E-state index is 0.449. The maximum absolute atomic E-state index is 5.74. The number of anilines is 1. The minimum absolute atomic E-state index is 0.449. The predicted molar refractivity (Wildman–Crippen MR) is 83.9 cm³/mol. The van der Waals surface area contributed by atoms with Crippen LogP contribution in [-0.2, 0) is 13.0 Å². The van der Waals surface area contributed by atoms with Crippen molar-refractivity contribution >= 4 is 5.82 Å². The lowest BCUT2D eigenvalue weighted by Gasteiger charge is -2.11. The molecule has 5 nitrogen and oxygen atoms in total. The summed E-state index contributed by atoms with van der Waals surface area (Å²) in [6.07, 6.45) is 0.747. The van der Waals surface area contributed by atoms with E-state index in [0.29, 0.717) is 13.2 Å². The van der Waals surface area contributed by atoms with Gasteiger partial charge in [0.15, 0.2) is 0 Å². The van der Waals surface area contributed by atoms with E-state index in [1.165, 1.54) is 0 Å². The molecule has 0 unspecified atom stereocenters. The molecule has 0 saturated carbocycles. The van der Waals surface area contributed by atoms with E-state index >= 15 is 0 Å². The molecule has 5 heteroatoms. The maximum Gasteiger partial charge on any atom is 0.127 e. The van der Waals surface area contributed by atoms with Gasteiger partial charge in [0.25, 0.3) is 0 Å². The molecule has 1 heterocycles. The highest BCUT2D eigenvalue weighted by Crippen LogP contribution is 2.24. The van der Waals surface area contributed by atoms with Gasteiger partial charge in [0.05, 0.1) is 13.7 Å². The van der Waals surface area contributed by atoms with Crippen LogP contribution in [0.15, 0.2) is 36.4 Å². The van der Waals surface area contributed by atoms with Gasteiger partial charge < -0.3 is 20.5 Å². The molecule has 0 spiro atoms. The largest absolute Gasteiger partial charge is 0.496 e. The molecular weight excluding hydrogens is 266 g/mol. The van der Waals surface area contributed by atoms with Gasteiger partial charge >= 0.3 is 0 Å². The number of hydrogen-bond acceptors (Lipinski definition) is 5. The van der Waals surface area contributed by atoms with Crippen LogP contribution in [0.1, 0.15) is 11.3 Å². The number of ether oxygens (including phenoxy) is 2. The van der Waals surface area contributed by atoms with Crippen LogP contribution >= 0.6 is 0 Å². The molecule has 0 amide bonds. The first kappa shape index (κ1) is 15.1. The predicted octanol–water partition coefficient (Wildman–Crippen LogP) is 2.21. The van der Waals surface area contributed by atoms with Crippen LogP contribution in [0.3, 0.4) is 0 Å². The molecule has 112 valence electrons. The third kappa shape index (κ3) is 4.10. The summed E-state index contributed by atoms with van der Waals surface area (Å²) in [5, 5.41) is 3.02. The summed E-state index contributed by atoms with van der Waals surface area (Å²) in [4.78, 5) is 4.45. The Balaban J connectivity index is 1.93. The summed E-state index contributed by atoms with van der Waals surface area (Å²) < 4.78 is 11.0. The van der Waals surface area contributed by atoms with Crippen LogP contribution in [0.25, 0.3) is 0 Å². The van der Waals surface area contributed by atoms with Gasteiger partial charge in [0.1, 0.15) is 17.3 Å². The number of rotatable bonds is 7.